The molecule has 1 N–H and O–H groups in total. The molecule has 1 fully saturated rings. The molecule has 1 amide bonds. The van der Waals surface area contributed by atoms with Crippen LogP contribution < -0.4 is 9.62 Å². The molecule has 2 heterocycles. The molecule has 0 aliphatic carbocycles. The van der Waals surface area contributed by atoms with Crippen molar-refractivity contribution >= 4 is 54.4 Å². The highest BCUT2D eigenvalue weighted by Gasteiger charge is 2.28. The lowest BCUT2D eigenvalue weighted by molar-refractivity contribution is -0.111. The lowest BCUT2D eigenvalue weighted by Crippen LogP contribution is -2.24. The standard InChI is InChI=1S/C19H17N3O3S2/c23-18(21-19-20-16-4-1-2-5-17(16)26-19)11-8-14-6-9-15(10-7-14)22-12-3-13-27(22,24)25/h1-2,4-11H,3,12-13H2,(H,20,21,23)/b11-8+. The van der Waals surface area contributed by atoms with Gasteiger partial charge in [-0.2, -0.15) is 0 Å². The first-order valence-electron chi connectivity index (χ1n) is 8.46. The molecule has 0 radical (unpaired) electrons. The summed E-state index contributed by atoms with van der Waals surface area (Å²) in [6.07, 6.45) is 3.77. The number of nitrogens with zero attached hydrogens (tertiary/aromatic N) is 2. The van der Waals surface area contributed by atoms with Crippen LogP contribution in [0.25, 0.3) is 16.3 Å². The number of nitrogens with one attached hydrogen (secondary N) is 1. The molecule has 27 heavy (non-hydrogen) atoms. The van der Waals surface area contributed by atoms with Crippen molar-refractivity contribution in [2.24, 2.45) is 0 Å². The van der Waals surface area contributed by atoms with Crippen LogP contribution in [0.4, 0.5) is 10.8 Å². The third-order valence-electron chi connectivity index (χ3n) is 4.23. The Morgan fingerprint density at radius 2 is 1.93 bits per heavy atom. The topological polar surface area (TPSA) is 79.4 Å². The first-order valence-corrected chi connectivity index (χ1v) is 10.9. The number of rotatable bonds is 4. The van der Waals surface area contributed by atoms with Gasteiger partial charge in [-0.25, -0.2) is 13.4 Å². The highest BCUT2D eigenvalue weighted by Crippen LogP contribution is 2.26. The lowest BCUT2D eigenvalue weighted by atomic mass is 10.2. The van der Waals surface area contributed by atoms with Crippen molar-refractivity contribution < 1.29 is 13.2 Å². The van der Waals surface area contributed by atoms with Gasteiger partial charge in [0.2, 0.25) is 15.9 Å². The Morgan fingerprint density at radius 3 is 2.63 bits per heavy atom. The molecule has 0 unspecified atom stereocenters. The second-order valence-corrected chi connectivity index (χ2v) is 9.19. The Morgan fingerprint density at radius 1 is 1.15 bits per heavy atom. The summed E-state index contributed by atoms with van der Waals surface area (Å²) in [5.41, 5.74) is 2.33. The predicted octanol–water partition coefficient (Wildman–Crippen LogP) is 3.49. The van der Waals surface area contributed by atoms with Crippen LogP contribution in [0.5, 0.6) is 0 Å². The van der Waals surface area contributed by atoms with E-state index in [9.17, 15) is 13.2 Å². The number of carbonyl (C=O) groups excluding carboxylic acids is 1. The number of aromatic nitrogens is 1. The molecule has 1 aliphatic rings. The zero-order chi connectivity index (χ0) is 18.9. The van der Waals surface area contributed by atoms with Crippen LogP contribution in [0.15, 0.2) is 54.6 Å². The Kier molecular flexibility index (Phi) is 4.67. The molecule has 0 saturated carbocycles. The zero-order valence-corrected chi connectivity index (χ0v) is 16.0. The lowest BCUT2D eigenvalue weighted by Gasteiger charge is -2.16. The number of hydrogen-bond donors (Lipinski definition) is 1. The molecule has 8 heteroatoms. The summed E-state index contributed by atoms with van der Waals surface area (Å²) < 4.78 is 26.4. The molecule has 0 atom stereocenters. The van der Waals surface area contributed by atoms with Crippen molar-refractivity contribution in [2.75, 3.05) is 21.9 Å². The molecule has 138 valence electrons. The molecule has 6 nitrogen and oxygen atoms in total. The summed E-state index contributed by atoms with van der Waals surface area (Å²) in [4.78, 5) is 16.5. The molecule has 4 rings (SSSR count). The number of fused-ring (bicyclic) bond motifs is 1. The Balaban J connectivity index is 1.42. The summed E-state index contributed by atoms with van der Waals surface area (Å²) in [6, 6.07) is 14.8. The third-order valence-corrected chi connectivity index (χ3v) is 7.05. The van der Waals surface area contributed by atoms with E-state index in [2.05, 4.69) is 10.3 Å². The van der Waals surface area contributed by atoms with Crippen molar-refractivity contribution in [3.8, 4) is 0 Å². The number of benzene rings is 2. The molecule has 3 aromatic rings. The molecule has 2 aromatic carbocycles. The van der Waals surface area contributed by atoms with Gasteiger partial charge >= 0.3 is 0 Å². The molecule has 1 saturated heterocycles. The predicted molar refractivity (Wildman–Crippen MR) is 109 cm³/mol. The third kappa shape index (κ3) is 3.86. The average molecular weight is 399 g/mol. The summed E-state index contributed by atoms with van der Waals surface area (Å²) in [5.74, 6) is -0.0686. The van der Waals surface area contributed by atoms with Gasteiger partial charge in [0, 0.05) is 12.6 Å². The van der Waals surface area contributed by atoms with Crippen molar-refractivity contribution in [1.29, 1.82) is 0 Å². The second kappa shape index (κ2) is 7.13. The smallest absolute Gasteiger partial charge is 0.250 e. The Hall–Kier alpha value is -2.71. The van der Waals surface area contributed by atoms with Crippen LogP contribution in [0.2, 0.25) is 0 Å². The molecule has 0 bridgehead atoms. The van der Waals surface area contributed by atoms with Crippen LogP contribution in [0, 0.1) is 0 Å². The highest BCUT2D eigenvalue weighted by molar-refractivity contribution is 7.93. The fraction of sp³-hybridized carbons (Fsp3) is 0.158. The monoisotopic (exact) mass is 399 g/mol. The van der Waals surface area contributed by atoms with E-state index in [0.717, 1.165) is 15.8 Å². The van der Waals surface area contributed by atoms with Gasteiger partial charge in [-0.3, -0.25) is 14.4 Å². The SMILES string of the molecule is O=C(/C=C/c1ccc(N2CCCS2(=O)=O)cc1)Nc1nc2ccccc2s1. The highest BCUT2D eigenvalue weighted by atomic mass is 32.2. The maximum atomic E-state index is 12.1. The minimum atomic E-state index is -3.18. The molecular weight excluding hydrogens is 382 g/mol. The summed E-state index contributed by atoms with van der Waals surface area (Å²) in [5, 5.41) is 3.32. The van der Waals surface area contributed by atoms with E-state index < -0.39 is 10.0 Å². The number of para-hydroxylation sites is 1. The van der Waals surface area contributed by atoms with E-state index in [1.165, 1.54) is 21.7 Å². The first kappa shape index (κ1) is 17.7. The number of carbonyl (C=O) groups is 1. The van der Waals surface area contributed by atoms with Crippen LogP contribution in [0.1, 0.15) is 12.0 Å². The number of hydrogen-bond acceptors (Lipinski definition) is 5. The molecule has 1 aromatic heterocycles. The summed E-state index contributed by atoms with van der Waals surface area (Å²) in [6.45, 7) is 0.516. The fourth-order valence-corrected chi connectivity index (χ4v) is 5.36. The van der Waals surface area contributed by atoms with E-state index in [0.29, 0.717) is 23.8 Å². The Bertz CT molecular complexity index is 1090. The number of thiazole rings is 1. The van der Waals surface area contributed by atoms with Gasteiger partial charge in [0.25, 0.3) is 0 Å². The van der Waals surface area contributed by atoms with Crippen LogP contribution in [0.3, 0.4) is 0 Å². The fourth-order valence-electron chi connectivity index (χ4n) is 2.93. The van der Waals surface area contributed by atoms with Crippen molar-refractivity contribution in [2.45, 2.75) is 6.42 Å². The summed E-state index contributed by atoms with van der Waals surface area (Å²) in [7, 11) is -3.18. The molecule has 0 spiro atoms. The number of anilines is 2. The van der Waals surface area contributed by atoms with Gasteiger partial charge in [-0.15, -0.1) is 0 Å². The van der Waals surface area contributed by atoms with Crippen molar-refractivity contribution in [1.82, 2.24) is 4.98 Å². The van der Waals surface area contributed by atoms with Gasteiger partial charge in [0.05, 0.1) is 21.7 Å². The van der Waals surface area contributed by atoms with Crippen LogP contribution in [-0.2, 0) is 14.8 Å². The quantitative estimate of drug-likeness (QED) is 0.681. The van der Waals surface area contributed by atoms with E-state index in [4.69, 9.17) is 0 Å². The van der Waals surface area contributed by atoms with Crippen molar-refractivity contribution in [3.05, 3.63) is 60.2 Å². The molecular formula is C19H17N3O3S2. The maximum absolute atomic E-state index is 12.1. The maximum Gasteiger partial charge on any atom is 0.250 e. The van der Waals surface area contributed by atoms with Gasteiger partial charge in [0.15, 0.2) is 5.13 Å². The number of amides is 1. The zero-order valence-electron chi connectivity index (χ0n) is 14.3. The van der Waals surface area contributed by atoms with E-state index >= 15 is 0 Å². The van der Waals surface area contributed by atoms with Gasteiger partial charge in [-0.1, -0.05) is 35.6 Å². The number of sulfonamides is 1. The minimum Gasteiger partial charge on any atom is -0.298 e. The van der Waals surface area contributed by atoms with E-state index in [1.807, 2.05) is 24.3 Å². The average Bonchev–Trinajstić information content (AvgIpc) is 3.22. The second-order valence-electron chi connectivity index (χ2n) is 6.14. The van der Waals surface area contributed by atoms with Crippen LogP contribution >= 0.6 is 11.3 Å². The first-order chi connectivity index (χ1) is 13.0. The van der Waals surface area contributed by atoms with E-state index in [-0.39, 0.29) is 11.7 Å². The Labute approximate surface area is 161 Å². The largest absolute Gasteiger partial charge is 0.298 e. The van der Waals surface area contributed by atoms with Crippen LogP contribution in [-0.4, -0.2) is 31.6 Å². The molecule has 1 aliphatic heterocycles. The van der Waals surface area contributed by atoms with Gasteiger partial charge in [-0.05, 0) is 42.3 Å². The van der Waals surface area contributed by atoms with Gasteiger partial charge < -0.3 is 0 Å². The van der Waals surface area contributed by atoms with Gasteiger partial charge in [0.1, 0.15) is 0 Å². The minimum absolute atomic E-state index is 0.195. The normalized spacial score (nSPS) is 16.2. The van der Waals surface area contributed by atoms with E-state index in [1.54, 1.807) is 30.3 Å². The van der Waals surface area contributed by atoms with Crippen molar-refractivity contribution in [3.63, 3.8) is 0 Å². The summed E-state index contributed by atoms with van der Waals surface area (Å²) >= 11 is 1.42.